The molecule has 27 heavy (non-hydrogen) atoms. The van der Waals surface area contributed by atoms with Gasteiger partial charge in [0.25, 0.3) is 10.0 Å². The van der Waals surface area contributed by atoms with Crippen molar-refractivity contribution in [3.05, 3.63) is 53.6 Å². The minimum absolute atomic E-state index is 0.0817. The molecule has 0 saturated carbocycles. The van der Waals surface area contributed by atoms with Gasteiger partial charge in [-0.3, -0.25) is 4.72 Å². The largest absolute Gasteiger partial charge is 0.280 e. The van der Waals surface area contributed by atoms with E-state index in [-0.39, 0.29) is 21.8 Å². The molecule has 0 aromatic heterocycles. The molecule has 2 N–H and O–H groups in total. The van der Waals surface area contributed by atoms with Crippen LogP contribution < -0.4 is 9.44 Å². The molecule has 2 aromatic carbocycles. The number of nitrogens with one attached hydrogen (secondary N) is 2. The zero-order valence-electron chi connectivity index (χ0n) is 16.2. The molecule has 2 rings (SSSR count). The first-order chi connectivity index (χ1) is 12.4. The van der Waals surface area contributed by atoms with E-state index in [1.54, 1.807) is 26.0 Å². The van der Waals surface area contributed by atoms with Gasteiger partial charge >= 0.3 is 0 Å². The molecule has 0 aliphatic heterocycles. The fourth-order valence-electron chi connectivity index (χ4n) is 2.54. The minimum Gasteiger partial charge on any atom is -0.280 e. The molecule has 0 unspecified atom stereocenters. The molecule has 0 bridgehead atoms. The Morgan fingerprint density at radius 2 is 1.48 bits per heavy atom. The summed E-state index contributed by atoms with van der Waals surface area (Å²) in [4.78, 5) is 0.289. The first-order valence-electron chi connectivity index (χ1n) is 8.60. The Labute approximate surface area is 162 Å². The maximum absolute atomic E-state index is 12.8. The molecule has 0 amide bonds. The van der Waals surface area contributed by atoms with Gasteiger partial charge in [0.05, 0.1) is 9.79 Å². The lowest BCUT2D eigenvalue weighted by atomic mass is 9.87. The molecule has 0 atom stereocenters. The second-order valence-electron chi connectivity index (χ2n) is 7.36. The average molecular weight is 411 g/mol. The molecule has 0 saturated heterocycles. The van der Waals surface area contributed by atoms with Gasteiger partial charge < -0.3 is 0 Å². The van der Waals surface area contributed by atoms with Crippen molar-refractivity contribution in [3.63, 3.8) is 0 Å². The van der Waals surface area contributed by atoms with Crippen LogP contribution in [0.5, 0.6) is 0 Å². The summed E-state index contributed by atoms with van der Waals surface area (Å²) in [6, 6.07) is 11.0. The number of sulfonamides is 2. The molecule has 2 aromatic rings. The van der Waals surface area contributed by atoms with Crippen LogP contribution in [-0.2, 0) is 25.5 Å². The lowest BCUT2D eigenvalue weighted by Crippen LogP contribution is -2.23. The molecule has 0 aliphatic carbocycles. The SMILES string of the molecule is CCNS(=O)(=O)c1ccc(NS(=O)(=O)c2cc(C(C)(C)C)ccc2C)cc1. The van der Waals surface area contributed by atoms with Crippen LogP contribution in [0.2, 0.25) is 0 Å². The molecule has 8 heteroatoms. The number of rotatable bonds is 6. The topological polar surface area (TPSA) is 92.3 Å². The van der Waals surface area contributed by atoms with Gasteiger partial charge in [0.1, 0.15) is 0 Å². The van der Waals surface area contributed by atoms with Gasteiger partial charge in [-0.2, -0.15) is 0 Å². The van der Waals surface area contributed by atoms with Crippen molar-refractivity contribution in [3.8, 4) is 0 Å². The number of benzene rings is 2. The lowest BCUT2D eigenvalue weighted by Gasteiger charge is -2.21. The monoisotopic (exact) mass is 410 g/mol. The van der Waals surface area contributed by atoms with Gasteiger partial charge in [0, 0.05) is 12.2 Å². The summed E-state index contributed by atoms with van der Waals surface area (Å²) in [5.41, 5.74) is 1.67. The summed E-state index contributed by atoms with van der Waals surface area (Å²) in [6.07, 6.45) is 0. The second kappa shape index (κ2) is 7.61. The van der Waals surface area contributed by atoms with Gasteiger partial charge in [-0.15, -0.1) is 0 Å². The van der Waals surface area contributed by atoms with Gasteiger partial charge in [-0.05, 0) is 53.8 Å². The van der Waals surface area contributed by atoms with Crippen LogP contribution in [0.25, 0.3) is 0 Å². The van der Waals surface area contributed by atoms with Crippen LogP contribution >= 0.6 is 0 Å². The Bertz CT molecular complexity index is 1020. The standard InChI is InChI=1S/C19H26N2O4S2/c1-6-20-26(22,23)17-11-9-16(10-12-17)21-27(24,25)18-13-15(19(3,4)5)8-7-14(18)2/h7-13,20-21H,6H2,1-5H3. The highest BCUT2D eigenvalue weighted by Gasteiger charge is 2.22. The average Bonchev–Trinajstić information content (AvgIpc) is 2.54. The summed E-state index contributed by atoms with van der Waals surface area (Å²) in [6.45, 7) is 9.77. The van der Waals surface area contributed by atoms with E-state index in [0.717, 1.165) is 5.56 Å². The number of anilines is 1. The van der Waals surface area contributed by atoms with Crippen molar-refractivity contribution in [1.82, 2.24) is 4.72 Å². The number of aryl methyl sites for hydroxylation is 1. The summed E-state index contributed by atoms with van der Waals surface area (Å²) in [5, 5.41) is 0. The van der Waals surface area contributed by atoms with Gasteiger partial charge in [-0.25, -0.2) is 21.6 Å². The van der Waals surface area contributed by atoms with Crippen LogP contribution in [0.1, 0.15) is 38.8 Å². The maximum Gasteiger partial charge on any atom is 0.262 e. The molecule has 0 radical (unpaired) electrons. The summed E-state index contributed by atoms with van der Waals surface area (Å²) in [5.74, 6) is 0. The van der Waals surface area contributed by atoms with E-state index in [1.165, 1.54) is 24.3 Å². The Balaban J connectivity index is 2.35. The fraction of sp³-hybridized carbons (Fsp3) is 0.368. The van der Waals surface area contributed by atoms with Gasteiger partial charge in [0.2, 0.25) is 10.0 Å². The summed E-state index contributed by atoms with van der Waals surface area (Å²) in [7, 11) is -7.38. The number of hydrogen-bond acceptors (Lipinski definition) is 4. The molecule has 0 spiro atoms. The third-order valence-corrected chi connectivity index (χ3v) is 7.18. The number of hydrogen-bond donors (Lipinski definition) is 2. The quantitative estimate of drug-likeness (QED) is 0.763. The van der Waals surface area contributed by atoms with E-state index in [2.05, 4.69) is 9.44 Å². The highest BCUT2D eigenvalue weighted by Crippen LogP contribution is 2.28. The minimum atomic E-state index is -3.80. The fourth-order valence-corrected chi connectivity index (χ4v) is 4.91. The van der Waals surface area contributed by atoms with E-state index in [1.807, 2.05) is 26.8 Å². The zero-order chi connectivity index (χ0) is 20.5. The molecular weight excluding hydrogens is 384 g/mol. The first kappa shape index (κ1) is 21.4. The van der Waals surface area contributed by atoms with Crippen molar-refractivity contribution in [2.24, 2.45) is 0 Å². The van der Waals surface area contributed by atoms with Crippen molar-refractivity contribution >= 4 is 25.7 Å². The molecule has 0 fully saturated rings. The van der Waals surface area contributed by atoms with E-state index in [4.69, 9.17) is 0 Å². The Morgan fingerprint density at radius 3 is 2.00 bits per heavy atom. The summed E-state index contributed by atoms with van der Waals surface area (Å²) < 4.78 is 54.6. The molecule has 148 valence electrons. The molecule has 0 aliphatic rings. The predicted octanol–water partition coefficient (Wildman–Crippen LogP) is 3.39. The third kappa shape index (κ3) is 5.09. The van der Waals surface area contributed by atoms with Crippen LogP contribution in [0, 0.1) is 6.92 Å². The van der Waals surface area contributed by atoms with E-state index < -0.39 is 20.0 Å². The maximum atomic E-state index is 12.8. The smallest absolute Gasteiger partial charge is 0.262 e. The highest BCUT2D eigenvalue weighted by molar-refractivity contribution is 7.92. The van der Waals surface area contributed by atoms with Crippen molar-refractivity contribution in [2.75, 3.05) is 11.3 Å². The highest BCUT2D eigenvalue weighted by atomic mass is 32.2. The van der Waals surface area contributed by atoms with Gasteiger partial charge in [0.15, 0.2) is 0 Å². The normalized spacial score (nSPS) is 12.8. The van der Waals surface area contributed by atoms with E-state index in [9.17, 15) is 16.8 Å². The molecule has 6 nitrogen and oxygen atoms in total. The van der Waals surface area contributed by atoms with E-state index >= 15 is 0 Å². The van der Waals surface area contributed by atoms with Crippen molar-refractivity contribution in [2.45, 2.75) is 49.8 Å². The first-order valence-corrected chi connectivity index (χ1v) is 11.6. The van der Waals surface area contributed by atoms with Crippen LogP contribution in [-0.4, -0.2) is 23.4 Å². The summed E-state index contributed by atoms with van der Waals surface area (Å²) >= 11 is 0. The predicted molar refractivity (Wildman–Crippen MR) is 108 cm³/mol. The van der Waals surface area contributed by atoms with Crippen LogP contribution in [0.15, 0.2) is 52.3 Å². The second-order valence-corrected chi connectivity index (χ2v) is 10.8. The molecular formula is C19H26N2O4S2. The van der Waals surface area contributed by atoms with Crippen LogP contribution in [0.3, 0.4) is 0 Å². The van der Waals surface area contributed by atoms with Crippen molar-refractivity contribution in [1.29, 1.82) is 0 Å². The lowest BCUT2D eigenvalue weighted by molar-refractivity contribution is 0.583. The van der Waals surface area contributed by atoms with Gasteiger partial charge in [-0.1, -0.05) is 39.8 Å². The Kier molecular flexibility index (Phi) is 6.03. The third-order valence-electron chi connectivity index (χ3n) is 4.09. The zero-order valence-corrected chi connectivity index (χ0v) is 17.8. The van der Waals surface area contributed by atoms with Crippen molar-refractivity contribution < 1.29 is 16.8 Å². The Hall–Kier alpha value is -1.90. The Morgan fingerprint density at radius 1 is 0.889 bits per heavy atom. The molecule has 0 heterocycles. The van der Waals surface area contributed by atoms with Crippen LogP contribution in [0.4, 0.5) is 5.69 Å². The van der Waals surface area contributed by atoms with E-state index in [0.29, 0.717) is 11.3 Å².